The van der Waals surface area contributed by atoms with Crippen LogP contribution in [0.25, 0.3) is 6.08 Å². The molecule has 0 radical (unpaired) electrons. The standard InChI is InChI=1S/C28H34N4O/c1-20(8-9-21-6-3-2-4-7-21)27(33)32-15-5-12-28(32)13-16-31(17-14-28)25-19-29-26-23-18-22(23)10-11-24(26)30-25/h2-4,6-7,10-11,19-20,22-23H,5,8-9,12-18H2,1H3. The van der Waals surface area contributed by atoms with Gasteiger partial charge in [0.05, 0.1) is 17.6 Å². The summed E-state index contributed by atoms with van der Waals surface area (Å²) < 4.78 is 0. The summed E-state index contributed by atoms with van der Waals surface area (Å²) in [6, 6.07) is 10.5. The van der Waals surface area contributed by atoms with Crippen LogP contribution >= 0.6 is 0 Å². The number of hydrogen-bond donors (Lipinski definition) is 0. The molecule has 3 heterocycles. The van der Waals surface area contributed by atoms with Crippen LogP contribution in [0.3, 0.4) is 0 Å². The first kappa shape index (κ1) is 20.9. The summed E-state index contributed by atoms with van der Waals surface area (Å²) in [5.41, 5.74) is 3.62. The zero-order valence-electron chi connectivity index (χ0n) is 19.6. The molecule has 1 saturated carbocycles. The van der Waals surface area contributed by atoms with Crippen molar-refractivity contribution < 1.29 is 4.79 Å². The van der Waals surface area contributed by atoms with Crippen LogP contribution in [-0.4, -0.2) is 45.9 Å². The molecule has 0 N–H and O–H groups in total. The smallest absolute Gasteiger partial charge is 0.225 e. The predicted octanol–water partition coefficient (Wildman–Crippen LogP) is 4.84. The maximum atomic E-state index is 13.5. The number of rotatable bonds is 5. The van der Waals surface area contributed by atoms with E-state index in [1.807, 2.05) is 12.3 Å². The van der Waals surface area contributed by atoms with Crippen molar-refractivity contribution in [2.75, 3.05) is 24.5 Å². The number of aryl methyl sites for hydroxylation is 1. The summed E-state index contributed by atoms with van der Waals surface area (Å²) in [6.07, 6.45) is 13.9. The van der Waals surface area contributed by atoms with Crippen LogP contribution in [0.1, 0.15) is 68.3 Å². The fourth-order valence-corrected chi connectivity index (χ4v) is 6.29. The second kappa shape index (κ2) is 8.27. The number of hydrogen-bond acceptors (Lipinski definition) is 4. The van der Waals surface area contributed by atoms with Gasteiger partial charge >= 0.3 is 0 Å². The first-order chi connectivity index (χ1) is 16.1. The lowest BCUT2D eigenvalue weighted by atomic mass is 9.84. The maximum Gasteiger partial charge on any atom is 0.225 e. The van der Waals surface area contributed by atoms with E-state index < -0.39 is 0 Å². The Balaban J connectivity index is 1.10. The number of amides is 1. The third kappa shape index (κ3) is 3.85. The summed E-state index contributed by atoms with van der Waals surface area (Å²) in [4.78, 5) is 27.9. The summed E-state index contributed by atoms with van der Waals surface area (Å²) in [5.74, 6) is 2.74. The molecular formula is C28H34N4O. The highest BCUT2D eigenvalue weighted by molar-refractivity contribution is 5.79. The summed E-state index contributed by atoms with van der Waals surface area (Å²) in [6.45, 7) is 4.93. The lowest BCUT2D eigenvalue weighted by molar-refractivity contribution is -0.140. The third-order valence-corrected chi connectivity index (χ3v) is 8.52. The summed E-state index contributed by atoms with van der Waals surface area (Å²) in [5, 5.41) is 0. The van der Waals surface area contributed by atoms with Crippen molar-refractivity contribution in [3.63, 3.8) is 0 Å². The SMILES string of the molecule is CC(CCc1ccccc1)C(=O)N1CCCC12CCN(c1cnc3c(n1)C=CC1CC31)CC2. The second-order valence-electron chi connectivity index (χ2n) is 10.6. The number of piperidine rings is 1. The van der Waals surface area contributed by atoms with E-state index in [9.17, 15) is 4.79 Å². The van der Waals surface area contributed by atoms with Gasteiger partial charge in [0.1, 0.15) is 5.82 Å². The number of fused-ring (bicyclic) bond motifs is 3. The van der Waals surface area contributed by atoms with Crippen LogP contribution in [-0.2, 0) is 11.2 Å². The van der Waals surface area contributed by atoms with E-state index >= 15 is 0 Å². The molecule has 5 nitrogen and oxygen atoms in total. The average Bonchev–Trinajstić information content (AvgIpc) is 3.56. The Kier molecular flexibility index (Phi) is 5.23. The van der Waals surface area contributed by atoms with Gasteiger partial charge in [-0.25, -0.2) is 4.98 Å². The fourth-order valence-electron chi connectivity index (χ4n) is 6.29. The van der Waals surface area contributed by atoms with Crippen LogP contribution in [0.4, 0.5) is 5.82 Å². The Morgan fingerprint density at radius 3 is 2.79 bits per heavy atom. The van der Waals surface area contributed by atoms with Crippen molar-refractivity contribution in [1.29, 1.82) is 0 Å². The molecule has 4 aliphatic rings. The topological polar surface area (TPSA) is 49.3 Å². The van der Waals surface area contributed by atoms with Gasteiger partial charge in [0.15, 0.2) is 0 Å². The van der Waals surface area contributed by atoms with Gasteiger partial charge in [-0.15, -0.1) is 0 Å². The molecule has 3 unspecified atom stereocenters. The van der Waals surface area contributed by atoms with Gasteiger partial charge in [0, 0.05) is 37.0 Å². The van der Waals surface area contributed by atoms with E-state index in [1.54, 1.807) is 0 Å². The Morgan fingerprint density at radius 2 is 1.97 bits per heavy atom. The number of carbonyl (C=O) groups excluding carboxylic acids is 1. The fraction of sp³-hybridized carbons (Fsp3) is 0.536. The molecular weight excluding hydrogens is 408 g/mol. The Hall–Kier alpha value is -2.69. The van der Waals surface area contributed by atoms with Gasteiger partial charge in [0.2, 0.25) is 5.91 Å². The molecule has 3 fully saturated rings. The van der Waals surface area contributed by atoms with E-state index in [2.05, 4.69) is 53.1 Å². The molecule has 6 rings (SSSR count). The normalized spacial score (nSPS) is 25.6. The van der Waals surface area contributed by atoms with Gasteiger partial charge in [-0.2, -0.15) is 0 Å². The zero-order valence-corrected chi connectivity index (χ0v) is 19.6. The average molecular weight is 443 g/mol. The van der Waals surface area contributed by atoms with Gasteiger partial charge < -0.3 is 9.80 Å². The molecule has 5 heteroatoms. The van der Waals surface area contributed by atoms with Crippen molar-refractivity contribution in [3.8, 4) is 0 Å². The van der Waals surface area contributed by atoms with E-state index in [1.165, 1.54) is 17.7 Å². The molecule has 0 bridgehead atoms. The van der Waals surface area contributed by atoms with Gasteiger partial charge in [-0.1, -0.05) is 43.3 Å². The largest absolute Gasteiger partial charge is 0.355 e. The Bertz CT molecular complexity index is 1060. The van der Waals surface area contributed by atoms with Crippen molar-refractivity contribution in [3.05, 3.63) is 59.6 Å². The molecule has 1 amide bonds. The van der Waals surface area contributed by atoms with E-state index in [4.69, 9.17) is 9.97 Å². The highest BCUT2D eigenvalue weighted by Crippen LogP contribution is 2.51. The van der Waals surface area contributed by atoms with E-state index in [0.29, 0.717) is 17.7 Å². The number of carbonyl (C=O) groups is 1. The highest BCUT2D eigenvalue weighted by atomic mass is 16.2. The van der Waals surface area contributed by atoms with Crippen LogP contribution in [0.2, 0.25) is 0 Å². The van der Waals surface area contributed by atoms with Crippen molar-refractivity contribution in [2.24, 2.45) is 11.8 Å². The minimum absolute atomic E-state index is 0.0391. The lowest BCUT2D eigenvalue weighted by Gasteiger charge is -2.46. The number of likely N-dealkylation sites (tertiary alicyclic amines) is 1. The quantitative estimate of drug-likeness (QED) is 0.665. The predicted molar refractivity (Wildman–Crippen MR) is 131 cm³/mol. The monoisotopic (exact) mass is 442 g/mol. The van der Waals surface area contributed by atoms with Crippen molar-refractivity contribution >= 4 is 17.8 Å². The Morgan fingerprint density at radius 1 is 1.15 bits per heavy atom. The molecule has 2 aliphatic carbocycles. The van der Waals surface area contributed by atoms with Crippen LogP contribution in [0.15, 0.2) is 42.6 Å². The Labute approximate surface area is 196 Å². The first-order valence-electron chi connectivity index (χ1n) is 12.8. The van der Waals surface area contributed by atoms with Gasteiger partial charge in [-0.05, 0) is 62.5 Å². The summed E-state index contributed by atoms with van der Waals surface area (Å²) >= 11 is 0. The second-order valence-corrected chi connectivity index (χ2v) is 10.6. The van der Waals surface area contributed by atoms with Crippen molar-refractivity contribution in [2.45, 2.75) is 63.3 Å². The van der Waals surface area contributed by atoms with Gasteiger partial charge in [0.25, 0.3) is 0 Å². The molecule has 3 atom stereocenters. The zero-order chi connectivity index (χ0) is 22.4. The molecule has 2 aliphatic heterocycles. The number of nitrogens with zero attached hydrogens (tertiary/aromatic N) is 4. The first-order valence-corrected chi connectivity index (χ1v) is 12.8. The van der Waals surface area contributed by atoms with Gasteiger partial charge in [-0.3, -0.25) is 9.78 Å². The maximum absolute atomic E-state index is 13.5. The molecule has 1 aromatic heterocycles. The molecule has 2 saturated heterocycles. The van der Waals surface area contributed by atoms with Crippen LogP contribution in [0, 0.1) is 11.8 Å². The number of benzene rings is 1. The third-order valence-electron chi connectivity index (χ3n) is 8.52. The molecule has 33 heavy (non-hydrogen) atoms. The molecule has 2 aromatic rings. The highest BCUT2D eigenvalue weighted by Gasteiger charge is 2.46. The number of anilines is 1. The summed E-state index contributed by atoms with van der Waals surface area (Å²) in [7, 11) is 0. The van der Waals surface area contributed by atoms with Crippen LogP contribution < -0.4 is 4.90 Å². The minimum atomic E-state index is 0.0391. The number of aromatic nitrogens is 2. The molecule has 1 spiro atoms. The van der Waals surface area contributed by atoms with Crippen molar-refractivity contribution in [1.82, 2.24) is 14.9 Å². The minimum Gasteiger partial charge on any atom is -0.355 e. The number of allylic oxidation sites excluding steroid dienone is 1. The molecule has 172 valence electrons. The lowest BCUT2D eigenvalue weighted by Crippen LogP contribution is -2.55. The van der Waals surface area contributed by atoms with Crippen LogP contribution in [0.5, 0.6) is 0 Å². The van der Waals surface area contributed by atoms with E-state index in [-0.39, 0.29) is 11.5 Å². The molecule has 1 aromatic carbocycles. The van der Waals surface area contributed by atoms with E-state index in [0.717, 1.165) is 69.7 Å².